The minimum absolute atomic E-state index is 0.403. The van der Waals surface area contributed by atoms with Crippen LogP contribution in [0.2, 0.25) is 0 Å². The van der Waals surface area contributed by atoms with E-state index in [9.17, 15) is 0 Å². The molecular weight excluding hydrogens is 138 g/mol. The van der Waals surface area contributed by atoms with E-state index >= 15 is 0 Å². The van der Waals surface area contributed by atoms with Crippen molar-refractivity contribution in [2.75, 3.05) is 19.8 Å². The van der Waals surface area contributed by atoms with Gasteiger partial charge in [0.05, 0.1) is 6.61 Å². The first kappa shape index (κ1) is 10.5. The Kier molecular flexibility index (Phi) is 7.23. The standard InChI is InChI=1S/C9H17NO/c1-4-6-9(3)10-7-8-11-5-2/h1,9-10H,5-8H2,2-3H3. The van der Waals surface area contributed by atoms with Crippen LogP contribution < -0.4 is 5.32 Å². The van der Waals surface area contributed by atoms with E-state index in [0.717, 1.165) is 26.2 Å². The molecule has 0 radical (unpaired) electrons. The molecule has 0 bridgehead atoms. The Bertz CT molecular complexity index is 117. The van der Waals surface area contributed by atoms with Gasteiger partial charge in [-0.25, -0.2) is 0 Å². The predicted octanol–water partition coefficient (Wildman–Crippen LogP) is 1.02. The van der Waals surface area contributed by atoms with Crippen molar-refractivity contribution in [3.8, 4) is 12.3 Å². The summed E-state index contributed by atoms with van der Waals surface area (Å²) in [7, 11) is 0. The average molecular weight is 155 g/mol. The van der Waals surface area contributed by atoms with E-state index in [0.29, 0.717) is 6.04 Å². The van der Waals surface area contributed by atoms with Gasteiger partial charge in [-0.2, -0.15) is 0 Å². The molecule has 1 atom stereocenters. The Morgan fingerprint density at radius 2 is 2.36 bits per heavy atom. The van der Waals surface area contributed by atoms with Crippen LogP contribution in [0, 0.1) is 12.3 Å². The molecular formula is C9H17NO. The molecule has 2 nitrogen and oxygen atoms in total. The molecule has 0 aliphatic heterocycles. The van der Waals surface area contributed by atoms with Crippen molar-refractivity contribution >= 4 is 0 Å². The van der Waals surface area contributed by atoms with Gasteiger partial charge in [-0.15, -0.1) is 12.3 Å². The van der Waals surface area contributed by atoms with E-state index in [4.69, 9.17) is 11.2 Å². The first-order valence-electron chi connectivity index (χ1n) is 4.05. The molecule has 0 saturated heterocycles. The van der Waals surface area contributed by atoms with E-state index in [1.807, 2.05) is 6.92 Å². The Labute approximate surface area is 69.3 Å². The van der Waals surface area contributed by atoms with E-state index in [1.165, 1.54) is 0 Å². The highest BCUT2D eigenvalue weighted by molar-refractivity contribution is 4.87. The minimum atomic E-state index is 0.403. The molecule has 0 rings (SSSR count). The summed E-state index contributed by atoms with van der Waals surface area (Å²) in [6.45, 7) is 6.50. The summed E-state index contributed by atoms with van der Waals surface area (Å²) >= 11 is 0. The van der Waals surface area contributed by atoms with Crippen LogP contribution in [-0.2, 0) is 4.74 Å². The number of rotatable bonds is 6. The smallest absolute Gasteiger partial charge is 0.0590 e. The van der Waals surface area contributed by atoms with Gasteiger partial charge in [0, 0.05) is 25.6 Å². The van der Waals surface area contributed by atoms with Gasteiger partial charge in [-0.3, -0.25) is 0 Å². The van der Waals surface area contributed by atoms with Gasteiger partial charge < -0.3 is 10.1 Å². The second kappa shape index (κ2) is 7.59. The summed E-state index contributed by atoms with van der Waals surface area (Å²) in [6.07, 6.45) is 5.92. The highest BCUT2D eigenvalue weighted by Crippen LogP contribution is 1.86. The Morgan fingerprint density at radius 3 is 2.91 bits per heavy atom. The third-order valence-electron chi connectivity index (χ3n) is 1.37. The van der Waals surface area contributed by atoms with Crippen LogP contribution in [0.15, 0.2) is 0 Å². The predicted molar refractivity (Wildman–Crippen MR) is 47.4 cm³/mol. The lowest BCUT2D eigenvalue weighted by molar-refractivity contribution is 0.147. The molecule has 1 N–H and O–H groups in total. The van der Waals surface area contributed by atoms with Gasteiger partial charge in [0.1, 0.15) is 0 Å². The summed E-state index contributed by atoms with van der Waals surface area (Å²) in [5.74, 6) is 2.61. The second-order valence-corrected chi connectivity index (χ2v) is 2.46. The van der Waals surface area contributed by atoms with E-state index in [2.05, 4.69) is 18.2 Å². The van der Waals surface area contributed by atoms with Crippen LogP contribution in [0.4, 0.5) is 0 Å². The Morgan fingerprint density at radius 1 is 1.64 bits per heavy atom. The number of nitrogens with one attached hydrogen (secondary N) is 1. The molecule has 2 heteroatoms. The normalized spacial score (nSPS) is 12.5. The van der Waals surface area contributed by atoms with Crippen molar-refractivity contribution < 1.29 is 4.74 Å². The largest absolute Gasteiger partial charge is 0.380 e. The Hall–Kier alpha value is -0.520. The van der Waals surface area contributed by atoms with Crippen LogP contribution in [0.3, 0.4) is 0 Å². The van der Waals surface area contributed by atoms with Crippen molar-refractivity contribution in [2.45, 2.75) is 26.3 Å². The zero-order valence-corrected chi connectivity index (χ0v) is 7.39. The molecule has 64 valence electrons. The monoisotopic (exact) mass is 155 g/mol. The molecule has 0 heterocycles. The van der Waals surface area contributed by atoms with Crippen molar-refractivity contribution in [1.82, 2.24) is 5.32 Å². The highest BCUT2D eigenvalue weighted by Gasteiger charge is 1.96. The van der Waals surface area contributed by atoms with Gasteiger partial charge in [-0.1, -0.05) is 0 Å². The maximum absolute atomic E-state index is 5.15. The summed E-state index contributed by atoms with van der Waals surface area (Å²) in [5.41, 5.74) is 0. The fourth-order valence-electron chi connectivity index (χ4n) is 0.771. The molecule has 0 saturated carbocycles. The molecule has 0 aromatic carbocycles. The molecule has 0 amide bonds. The molecule has 0 aliphatic rings. The van der Waals surface area contributed by atoms with E-state index < -0.39 is 0 Å². The SMILES string of the molecule is C#CCC(C)NCCOCC. The molecule has 0 spiro atoms. The highest BCUT2D eigenvalue weighted by atomic mass is 16.5. The molecule has 0 fully saturated rings. The van der Waals surface area contributed by atoms with Gasteiger partial charge >= 0.3 is 0 Å². The van der Waals surface area contributed by atoms with Crippen molar-refractivity contribution in [3.05, 3.63) is 0 Å². The lowest BCUT2D eigenvalue weighted by atomic mass is 10.2. The topological polar surface area (TPSA) is 21.3 Å². The number of hydrogen-bond acceptors (Lipinski definition) is 2. The lowest BCUT2D eigenvalue weighted by Crippen LogP contribution is -2.28. The van der Waals surface area contributed by atoms with Crippen molar-refractivity contribution in [2.24, 2.45) is 0 Å². The minimum Gasteiger partial charge on any atom is -0.380 e. The van der Waals surface area contributed by atoms with Crippen LogP contribution in [0.25, 0.3) is 0 Å². The fraction of sp³-hybridized carbons (Fsp3) is 0.778. The van der Waals surface area contributed by atoms with Gasteiger partial charge in [0.2, 0.25) is 0 Å². The lowest BCUT2D eigenvalue weighted by Gasteiger charge is -2.09. The molecule has 1 unspecified atom stereocenters. The zero-order chi connectivity index (χ0) is 8.53. The van der Waals surface area contributed by atoms with E-state index in [-0.39, 0.29) is 0 Å². The van der Waals surface area contributed by atoms with Crippen molar-refractivity contribution in [1.29, 1.82) is 0 Å². The van der Waals surface area contributed by atoms with Gasteiger partial charge in [-0.05, 0) is 13.8 Å². The first-order valence-corrected chi connectivity index (χ1v) is 4.05. The van der Waals surface area contributed by atoms with Crippen LogP contribution >= 0.6 is 0 Å². The second-order valence-electron chi connectivity index (χ2n) is 2.46. The van der Waals surface area contributed by atoms with Gasteiger partial charge in [0.15, 0.2) is 0 Å². The molecule has 11 heavy (non-hydrogen) atoms. The maximum Gasteiger partial charge on any atom is 0.0590 e. The van der Waals surface area contributed by atoms with E-state index in [1.54, 1.807) is 0 Å². The van der Waals surface area contributed by atoms with Crippen molar-refractivity contribution in [3.63, 3.8) is 0 Å². The molecule has 0 aliphatic carbocycles. The zero-order valence-electron chi connectivity index (χ0n) is 7.39. The average Bonchev–Trinajstić information content (AvgIpc) is 1.99. The number of hydrogen-bond donors (Lipinski definition) is 1. The summed E-state index contributed by atoms with van der Waals surface area (Å²) in [5, 5.41) is 3.25. The van der Waals surface area contributed by atoms with Crippen LogP contribution in [0.1, 0.15) is 20.3 Å². The fourth-order valence-corrected chi connectivity index (χ4v) is 0.771. The third kappa shape index (κ3) is 7.38. The summed E-state index contributed by atoms with van der Waals surface area (Å²) in [6, 6.07) is 0.403. The quantitative estimate of drug-likeness (QED) is 0.457. The third-order valence-corrected chi connectivity index (χ3v) is 1.37. The molecule has 0 aromatic heterocycles. The van der Waals surface area contributed by atoms with Crippen LogP contribution in [0.5, 0.6) is 0 Å². The van der Waals surface area contributed by atoms with Gasteiger partial charge in [0.25, 0.3) is 0 Å². The number of terminal acetylenes is 1. The summed E-state index contributed by atoms with van der Waals surface area (Å²) in [4.78, 5) is 0. The Balaban J connectivity index is 3.05. The first-order chi connectivity index (χ1) is 5.31. The molecule has 0 aromatic rings. The number of ether oxygens (including phenoxy) is 1. The summed E-state index contributed by atoms with van der Waals surface area (Å²) < 4.78 is 5.15. The maximum atomic E-state index is 5.15. The van der Waals surface area contributed by atoms with Crippen LogP contribution in [-0.4, -0.2) is 25.8 Å².